The predicted octanol–water partition coefficient (Wildman–Crippen LogP) is 2.45. The third-order valence-corrected chi connectivity index (χ3v) is 2.59. The molecule has 2 aromatic rings. The van der Waals surface area contributed by atoms with Crippen LogP contribution in [0.4, 0.5) is 0 Å². The van der Waals surface area contributed by atoms with Crippen molar-refractivity contribution < 1.29 is 9.53 Å². The summed E-state index contributed by atoms with van der Waals surface area (Å²) in [4.78, 5) is 17.4. The molecule has 1 aromatic heterocycles. The van der Waals surface area contributed by atoms with Crippen LogP contribution in [0.5, 0.6) is 11.6 Å². The van der Waals surface area contributed by atoms with Crippen LogP contribution in [0.1, 0.15) is 15.9 Å². The molecule has 0 unspecified atom stereocenters. The molecule has 0 spiro atoms. The van der Waals surface area contributed by atoms with Crippen LogP contribution in [0, 0.1) is 11.3 Å². The molecule has 1 aromatic carbocycles. The summed E-state index contributed by atoms with van der Waals surface area (Å²) in [6.45, 7) is 0. The van der Waals surface area contributed by atoms with E-state index in [0.717, 1.165) is 0 Å². The van der Waals surface area contributed by atoms with E-state index in [-0.39, 0.29) is 11.8 Å². The minimum absolute atomic E-state index is 0.114. The lowest BCUT2D eigenvalue weighted by Crippen LogP contribution is -2.21. The first-order chi connectivity index (χ1) is 9.61. The minimum atomic E-state index is -0.114. The summed E-state index contributed by atoms with van der Waals surface area (Å²) in [7, 11) is 3.37. The number of aromatic nitrogens is 1. The number of benzene rings is 1. The van der Waals surface area contributed by atoms with Gasteiger partial charge in [-0.25, -0.2) is 4.98 Å². The van der Waals surface area contributed by atoms with E-state index in [1.54, 1.807) is 56.7 Å². The first kappa shape index (κ1) is 13.6. The average molecular weight is 267 g/mol. The van der Waals surface area contributed by atoms with Crippen molar-refractivity contribution >= 4 is 5.91 Å². The molecule has 0 aliphatic carbocycles. The highest BCUT2D eigenvalue weighted by Crippen LogP contribution is 2.23. The molecule has 5 nitrogen and oxygen atoms in total. The standard InChI is InChI=1S/C15H13N3O2/c1-18(2)15(19)11-5-3-7-13(9-11)20-14-12(10-16)6-4-8-17-14/h3-9H,1-2H3. The lowest BCUT2D eigenvalue weighted by atomic mass is 10.2. The van der Waals surface area contributed by atoms with Gasteiger partial charge in [-0.05, 0) is 30.3 Å². The maximum absolute atomic E-state index is 11.9. The van der Waals surface area contributed by atoms with Crippen LogP contribution in [-0.4, -0.2) is 29.9 Å². The van der Waals surface area contributed by atoms with Gasteiger partial charge in [-0.3, -0.25) is 4.79 Å². The van der Waals surface area contributed by atoms with Crippen LogP contribution in [0.2, 0.25) is 0 Å². The first-order valence-corrected chi connectivity index (χ1v) is 5.96. The number of ether oxygens (including phenoxy) is 1. The zero-order chi connectivity index (χ0) is 14.5. The first-order valence-electron chi connectivity index (χ1n) is 5.96. The highest BCUT2D eigenvalue weighted by atomic mass is 16.5. The lowest BCUT2D eigenvalue weighted by Gasteiger charge is -2.11. The van der Waals surface area contributed by atoms with Crippen molar-refractivity contribution in [2.75, 3.05) is 14.1 Å². The Morgan fingerprint density at radius 2 is 2.10 bits per heavy atom. The van der Waals surface area contributed by atoms with Gasteiger partial charge in [0.2, 0.25) is 5.88 Å². The van der Waals surface area contributed by atoms with Crippen molar-refractivity contribution in [3.63, 3.8) is 0 Å². The molecule has 1 heterocycles. The van der Waals surface area contributed by atoms with Crippen LogP contribution in [0.25, 0.3) is 0 Å². The molecule has 1 amide bonds. The summed E-state index contributed by atoms with van der Waals surface area (Å²) in [5.41, 5.74) is 0.860. The minimum Gasteiger partial charge on any atom is -0.438 e. The Balaban J connectivity index is 2.29. The summed E-state index contributed by atoms with van der Waals surface area (Å²) >= 11 is 0. The zero-order valence-electron chi connectivity index (χ0n) is 11.2. The molecule has 2 rings (SSSR count). The van der Waals surface area contributed by atoms with Crippen LogP contribution in [-0.2, 0) is 0 Å². The van der Waals surface area contributed by atoms with Gasteiger partial charge in [-0.1, -0.05) is 6.07 Å². The third kappa shape index (κ3) is 2.93. The molecule has 0 atom stereocenters. The number of nitriles is 1. The van der Waals surface area contributed by atoms with Crippen molar-refractivity contribution in [1.82, 2.24) is 9.88 Å². The SMILES string of the molecule is CN(C)C(=O)c1cccc(Oc2ncccc2C#N)c1. The van der Waals surface area contributed by atoms with Crippen LogP contribution < -0.4 is 4.74 Å². The Morgan fingerprint density at radius 1 is 1.30 bits per heavy atom. The second kappa shape index (κ2) is 5.85. The van der Waals surface area contributed by atoms with Gasteiger partial charge < -0.3 is 9.64 Å². The van der Waals surface area contributed by atoms with E-state index in [9.17, 15) is 4.79 Å². The van der Waals surface area contributed by atoms with Gasteiger partial charge in [0.25, 0.3) is 5.91 Å². The Morgan fingerprint density at radius 3 is 2.80 bits per heavy atom. The number of carbonyl (C=O) groups is 1. The smallest absolute Gasteiger partial charge is 0.253 e. The van der Waals surface area contributed by atoms with Crippen molar-refractivity contribution in [3.8, 4) is 17.7 Å². The Hall–Kier alpha value is -2.87. The molecule has 0 N–H and O–H groups in total. The number of hydrogen-bond acceptors (Lipinski definition) is 4. The maximum Gasteiger partial charge on any atom is 0.253 e. The van der Waals surface area contributed by atoms with E-state index in [1.165, 1.54) is 4.90 Å². The Kier molecular flexibility index (Phi) is 3.96. The topological polar surface area (TPSA) is 66.2 Å². The predicted molar refractivity (Wildman–Crippen MR) is 73.5 cm³/mol. The average Bonchev–Trinajstić information content (AvgIpc) is 2.47. The number of nitrogens with zero attached hydrogens (tertiary/aromatic N) is 3. The van der Waals surface area contributed by atoms with E-state index in [4.69, 9.17) is 10.00 Å². The van der Waals surface area contributed by atoms with E-state index in [0.29, 0.717) is 16.9 Å². The highest BCUT2D eigenvalue weighted by Gasteiger charge is 2.10. The Bertz CT molecular complexity index is 675. The van der Waals surface area contributed by atoms with Gasteiger partial charge in [0.15, 0.2) is 0 Å². The summed E-state index contributed by atoms with van der Waals surface area (Å²) in [6.07, 6.45) is 1.55. The molecule has 0 saturated heterocycles. The van der Waals surface area contributed by atoms with Gasteiger partial charge in [-0.2, -0.15) is 5.26 Å². The van der Waals surface area contributed by atoms with Crippen molar-refractivity contribution in [2.24, 2.45) is 0 Å². The fraction of sp³-hybridized carbons (Fsp3) is 0.133. The van der Waals surface area contributed by atoms with Crippen LogP contribution in [0.3, 0.4) is 0 Å². The van der Waals surface area contributed by atoms with Gasteiger partial charge >= 0.3 is 0 Å². The number of rotatable bonds is 3. The molecule has 0 radical (unpaired) electrons. The second-order valence-corrected chi connectivity index (χ2v) is 4.30. The van der Waals surface area contributed by atoms with Crippen LogP contribution in [0.15, 0.2) is 42.6 Å². The van der Waals surface area contributed by atoms with Crippen molar-refractivity contribution in [3.05, 3.63) is 53.7 Å². The number of amides is 1. The molecular formula is C15H13N3O2. The molecule has 20 heavy (non-hydrogen) atoms. The highest BCUT2D eigenvalue weighted by molar-refractivity contribution is 5.94. The normalized spacial score (nSPS) is 9.65. The van der Waals surface area contributed by atoms with E-state index < -0.39 is 0 Å². The largest absolute Gasteiger partial charge is 0.438 e. The fourth-order valence-electron chi connectivity index (χ4n) is 1.62. The van der Waals surface area contributed by atoms with Gasteiger partial charge in [0.1, 0.15) is 17.4 Å². The summed E-state index contributed by atoms with van der Waals surface area (Å²) < 4.78 is 5.57. The van der Waals surface area contributed by atoms with Gasteiger partial charge in [0, 0.05) is 25.9 Å². The zero-order valence-corrected chi connectivity index (χ0v) is 11.2. The van der Waals surface area contributed by atoms with Crippen molar-refractivity contribution in [1.29, 1.82) is 5.26 Å². The molecule has 0 aliphatic heterocycles. The molecule has 5 heteroatoms. The van der Waals surface area contributed by atoms with E-state index in [1.807, 2.05) is 6.07 Å². The van der Waals surface area contributed by atoms with Gasteiger partial charge in [0.05, 0.1) is 0 Å². The third-order valence-electron chi connectivity index (χ3n) is 2.59. The number of pyridine rings is 1. The molecule has 0 bridgehead atoms. The maximum atomic E-state index is 11.9. The van der Waals surface area contributed by atoms with E-state index >= 15 is 0 Å². The van der Waals surface area contributed by atoms with Crippen molar-refractivity contribution in [2.45, 2.75) is 0 Å². The quantitative estimate of drug-likeness (QED) is 0.856. The summed E-state index contributed by atoms with van der Waals surface area (Å²) in [5.74, 6) is 0.578. The van der Waals surface area contributed by atoms with Gasteiger partial charge in [-0.15, -0.1) is 0 Å². The van der Waals surface area contributed by atoms with E-state index in [2.05, 4.69) is 4.98 Å². The number of hydrogen-bond donors (Lipinski definition) is 0. The fourth-order valence-corrected chi connectivity index (χ4v) is 1.62. The molecular weight excluding hydrogens is 254 g/mol. The summed E-state index contributed by atoms with van der Waals surface area (Å²) in [5, 5.41) is 8.98. The molecule has 0 aliphatic rings. The summed E-state index contributed by atoms with van der Waals surface area (Å²) in [6, 6.07) is 12.1. The molecule has 0 fully saturated rings. The second-order valence-electron chi connectivity index (χ2n) is 4.30. The molecule has 0 saturated carbocycles. The number of carbonyl (C=O) groups excluding carboxylic acids is 1. The molecule has 100 valence electrons. The lowest BCUT2D eigenvalue weighted by molar-refractivity contribution is 0.0827. The van der Waals surface area contributed by atoms with Crippen LogP contribution >= 0.6 is 0 Å². The Labute approximate surface area is 117 Å². The monoisotopic (exact) mass is 267 g/mol.